The fourth-order valence-electron chi connectivity index (χ4n) is 3.08. The summed E-state index contributed by atoms with van der Waals surface area (Å²) in [5.74, 6) is -0.349. The lowest BCUT2D eigenvalue weighted by Crippen LogP contribution is -2.41. The fraction of sp³-hybridized carbons (Fsp3) is 0.611. The van der Waals surface area contributed by atoms with Crippen molar-refractivity contribution in [3.63, 3.8) is 0 Å². The summed E-state index contributed by atoms with van der Waals surface area (Å²) in [6.07, 6.45) is -3.89. The van der Waals surface area contributed by atoms with E-state index in [2.05, 4.69) is 4.74 Å². The molecule has 1 aromatic carbocycles. The molecule has 146 valence electrons. The van der Waals surface area contributed by atoms with Crippen molar-refractivity contribution in [2.45, 2.75) is 58.4 Å². The number of hydrogen-bond acceptors (Lipinski definition) is 4. The van der Waals surface area contributed by atoms with E-state index in [4.69, 9.17) is 10.5 Å². The Hall–Kier alpha value is -2.12. The van der Waals surface area contributed by atoms with Crippen molar-refractivity contribution >= 4 is 11.8 Å². The van der Waals surface area contributed by atoms with E-state index < -0.39 is 12.0 Å². The number of nitrogens with zero attached hydrogens (tertiary/aromatic N) is 1. The maximum Gasteiger partial charge on any atom is 0.573 e. The van der Waals surface area contributed by atoms with Crippen LogP contribution in [0.15, 0.2) is 12.1 Å². The van der Waals surface area contributed by atoms with Crippen LogP contribution in [0.1, 0.15) is 50.7 Å². The quantitative estimate of drug-likeness (QED) is 0.769. The second-order valence-corrected chi connectivity index (χ2v) is 7.54. The molecule has 1 aromatic rings. The summed E-state index contributed by atoms with van der Waals surface area (Å²) >= 11 is 0. The normalized spacial score (nSPS) is 16.5. The molecule has 2 N–H and O–H groups in total. The second kappa shape index (κ2) is 7.25. The molecule has 1 heterocycles. The number of nitrogen functional groups attached to an aromatic ring is 1. The second-order valence-electron chi connectivity index (χ2n) is 7.54. The zero-order chi connectivity index (χ0) is 19.7. The highest BCUT2D eigenvalue weighted by Crippen LogP contribution is 2.37. The number of amides is 1. The number of aryl methyl sites for hydroxylation is 1. The summed E-state index contributed by atoms with van der Waals surface area (Å²) in [7, 11) is 0. The average Bonchev–Trinajstić information content (AvgIpc) is 2.47. The minimum Gasteiger partial charge on any atom is -0.444 e. The van der Waals surface area contributed by atoms with E-state index in [0.29, 0.717) is 25.9 Å². The molecule has 0 aliphatic carbocycles. The first-order valence-corrected chi connectivity index (χ1v) is 8.49. The predicted octanol–water partition coefficient (Wildman–Crippen LogP) is 4.59. The van der Waals surface area contributed by atoms with E-state index in [-0.39, 0.29) is 23.4 Å². The van der Waals surface area contributed by atoms with Gasteiger partial charge in [0.1, 0.15) is 5.60 Å². The number of carbonyl (C=O) groups excluding carboxylic acids is 1. The van der Waals surface area contributed by atoms with Crippen LogP contribution in [0.5, 0.6) is 5.75 Å². The van der Waals surface area contributed by atoms with Gasteiger partial charge in [0.05, 0.1) is 5.69 Å². The van der Waals surface area contributed by atoms with Crippen LogP contribution in [0.25, 0.3) is 0 Å². The van der Waals surface area contributed by atoms with Crippen LogP contribution in [-0.2, 0) is 4.74 Å². The highest BCUT2D eigenvalue weighted by molar-refractivity contribution is 5.68. The van der Waals surface area contributed by atoms with Gasteiger partial charge in [-0.2, -0.15) is 0 Å². The van der Waals surface area contributed by atoms with Gasteiger partial charge < -0.3 is 20.1 Å². The zero-order valence-electron chi connectivity index (χ0n) is 15.4. The Bertz CT molecular complexity index is 661. The smallest absolute Gasteiger partial charge is 0.444 e. The van der Waals surface area contributed by atoms with Gasteiger partial charge >= 0.3 is 12.5 Å². The number of piperidine rings is 1. The lowest BCUT2D eigenvalue weighted by atomic mass is 9.86. The predicted molar refractivity (Wildman–Crippen MR) is 92.1 cm³/mol. The van der Waals surface area contributed by atoms with Crippen LogP contribution in [0.2, 0.25) is 0 Å². The van der Waals surface area contributed by atoms with Crippen molar-refractivity contribution < 1.29 is 27.4 Å². The summed E-state index contributed by atoms with van der Waals surface area (Å²) in [5, 5.41) is 0. The fourth-order valence-corrected chi connectivity index (χ4v) is 3.08. The summed E-state index contributed by atoms with van der Waals surface area (Å²) < 4.78 is 47.0. The molecule has 26 heavy (non-hydrogen) atoms. The monoisotopic (exact) mass is 374 g/mol. The van der Waals surface area contributed by atoms with Gasteiger partial charge in [-0.3, -0.25) is 0 Å². The number of alkyl halides is 3. The minimum absolute atomic E-state index is 0.0323. The minimum atomic E-state index is -4.79. The van der Waals surface area contributed by atoms with Crippen LogP contribution in [0.3, 0.4) is 0 Å². The van der Waals surface area contributed by atoms with E-state index in [9.17, 15) is 18.0 Å². The lowest BCUT2D eigenvalue weighted by molar-refractivity contribution is -0.274. The third-order valence-electron chi connectivity index (χ3n) is 4.21. The summed E-state index contributed by atoms with van der Waals surface area (Å²) in [5.41, 5.74) is 6.62. The summed E-state index contributed by atoms with van der Waals surface area (Å²) in [4.78, 5) is 13.7. The molecule has 0 spiro atoms. The van der Waals surface area contributed by atoms with E-state index in [1.807, 2.05) is 6.92 Å². The Kier molecular flexibility index (Phi) is 5.63. The maximum atomic E-state index is 12.5. The Labute approximate surface area is 151 Å². The molecule has 1 fully saturated rings. The largest absolute Gasteiger partial charge is 0.573 e. The first-order valence-electron chi connectivity index (χ1n) is 8.49. The van der Waals surface area contributed by atoms with Crippen molar-refractivity contribution in [1.29, 1.82) is 0 Å². The van der Waals surface area contributed by atoms with Gasteiger partial charge in [0.15, 0.2) is 5.75 Å². The highest BCUT2D eigenvalue weighted by Gasteiger charge is 2.33. The number of rotatable bonds is 2. The number of benzene rings is 1. The van der Waals surface area contributed by atoms with Crippen LogP contribution in [-0.4, -0.2) is 36.0 Å². The van der Waals surface area contributed by atoms with E-state index in [1.165, 1.54) is 12.1 Å². The SMILES string of the molecule is Cc1cc(N)c(OC(F)(F)F)cc1C1CCN(C(=O)OC(C)(C)C)CC1. The molecule has 0 radical (unpaired) electrons. The molecule has 5 nitrogen and oxygen atoms in total. The summed E-state index contributed by atoms with van der Waals surface area (Å²) in [6.45, 7) is 8.19. The number of anilines is 1. The molecule has 0 saturated carbocycles. The topological polar surface area (TPSA) is 64.8 Å². The molecule has 1 aliphatic heterocycles. The molecule has 0 bridgehead atoms. The van der Waals surface area contributed by atoms with Crippen molar-refractivity contribution in [1.82, 2.24) is 4.90 Å². The summed E-state index contributed by atoms with van der Waals surface area (Å²) in [6, 6.07) is 2.86. The van der Waals surface area contributed by atoms with Crippen LogP contribution >= 0.6 is 0 Å². The van der Waals surface area contributed by atoms with Gasteiger partial charge in [0.2, 0.25) is 0 Å². The molecule has 0 aromatic heterocycles. The van der Waals surface area contributed by atoms with Gasteiger partial charge in [-0.05, 0) is 69.7 Å². The molecule has 1 saturated heterocycles. The molecule has 8 heteroatoms. The third kappa shape index (κ3) is 5.44. The molecule has 1 aliphatic rings. The van der Waals surface area contributed by atoms with E-state index in [1.54, 1.807) is 25.7 Å². The van der Waals surface area contributed by atoms with Gasteiger partial charge in [-0.15, -0.1) is 13.2 Å². The van der Waals surface area contributed by atoms with Gasteiger partial charge in [-0.25, -0.2) is 4.79 Å². The Balaban J connectivity index is 2.09. The first-order chi connectivity index (χ1) is 11.9. The highest BCUT2D eigenvalue weighted by atomic mass is 19.4. The van der Waals surface area contributed by atoms with E-state index in [0.717, 1.165) is 11.1 Å². The van der Waals surface area contributed by atoms with E-state index >= 15 is 0 Å². The average molecular weight is 374 g/mol. The van der Waals surface area contributed by atoms with Crippen LogP contribution < -0.4 is 10.5 Å². The van der Waals surface area contributed by atoms with Gasteiger partial charge in [0.25, 0.3) is 0 Å². The standard InChI is InChI=1S/C18H25F3N2O3/c1-11-9-14(22)15(25-18(19,20)21)10-13(11)12-5-7-23(8-6-12)16(24)26-17(2,3)4/h9-10,12H,5-8,22H2,1-4H3. The van der Waals surface area contributed by atoms with Crippen LogP contribution in [0.4, 0.5) is 23.7 Å². The Morgan fingerprint density at radius 2 is 1.77 bits per heavy atom. The molecule has 0 unspecified atom stereocenters. The number of likely N-dealkylation sites (tertiary alicyclic amines) is 1. The van der Waals surface area contributed by atoms with Crippen LogP contribution in [0, 0.1) is 6.92 Å². The lowest BCUT2D eigenvalue weighted by Gasteiger charge is -2.34. The Morgan fingerprint density at radius 1 is 1.19 bits per heavy atom. The third-order valence-corrected chi connectivity index (χ3v) is 4.21. The first kappa shape index (κ1) is 20.2. The number of hydrogen-bond donors (Lipinski definition) is 1. The van der Waals surface area contributed by atoms with Crippen molar-refractivity contribution in [2.24, 2.45) is 0 Å². The number of ether oxygens (including phenoxy) is 2. The van der Waals surface area contributed by atoms with Gasteiger partial charge in [-0.1, -0.05) is 0 Å². The molecule has 2 rings (SSSR count). The van der Waals surface area contributed by atoms with Crippen molar-refractivity contribution in [3.8, 4) is 5.75 Å². The van der Waals surface area contributed by atoms with Gasteiger partial charge in [0, 0.05) is 13.1 Å². The number of halogens is 3. The van der Waals surface area contributed by atoms with Crippen molar-refractivity contribution in [3.05, 3.63) is 23.3 Å². The number of carbonyl (C=O) groups is 1. The Morgan fingerprint density at radius 3 is 2.27 bits per heavy atom. The zero-order valence-corrected chi connectivity index (χ0v) is 15.4. The molecular weight excluding hydrogens is 349 g/mol. The number of nitrogens with two attached hydrogens (primary N) is 1. The molecule has 0 atom stereocenters. The molecular formula is C18H25F3N2O3. The van der Waals surface area contributed by atoms with Crippen molar-refractivity contribution in [2.75, 3.05) is 18.8 Å². The molecule has 1 amide bonds. The maximum absolute atomic E-state index is 12.5.